The van der Waals surface area contributed by atoms with Crippen molar-refractivity contribution in [3.8, 4) is 28.7 Å². The lowest BCUT2D eigenvalue weighted by molar-refractivity contribution is -0.140. The molecular weight excluding hydrogens is 576 g/mol. The molecule has 1 atom stereocenters. The van der Waals surface area contributed by atoms with E-state index in [1.165, 1.54) is 4.57 Å². The number of carboxylic acids is 1. The quantitative estimate of drug-likeness (QED) is 0.217. The number of aromatic nitrogens is 1. The maximum absolute atomic E-state index is 13.4. The third-order valence-electron chi connectivity index (χ3n) is 6.87. The number of rotatable bonds is 12. The standard InChI is InChI=1S/C32H31ClN2O8/c1-20-12-23(16-34-26(17-36)32(38)39)29(42-18-21-4-2-6-24(33)13-21)15-28(20)43-19-22-5-3-9-35(31(22)37)25-7-8-27-30(14-25)41-11-10-40-27/h2-9,12-15,26,34,36H,10-11,16-19H2,1H3,(H,38,39). The van der Waals surface area contributed by atoms with Crippen molar-refractivity contribution < 1.29 is 34.0 Å². The lowest BCUT2D eigenvalue weighted by atomic mass is 10.1. The van der Waals surface area contributed by atoms with Gasteiger partial charge in [-0.15, -0.1) is 0 Å². The van der Waals surface area contributed by atoms with Crippen LogP contribution in [0.2, 0.25) is 5.02 Å². The molecule has 5 rings (SSSR count). The molecule has 224 valence electrons. The number of hydrogen-bond donors (Lipinski definition) is 3. The van der Waals surface area contributed by atoms with Crippen molar-refractivity contribution >= 4 is 17.6 Å². The third-order valence-corrected chi connectivity index (χ3v) is 7.11. The van der Waals surface area contributed by atoms with Crippen LogP contribution in [0, 0.1) is 6.92 Å². The van der Waals surface area contributed by atoms with Gasteiger partial charge >= 0.3 is 5.97 Å². The van der Waals surface area contributed by atoms with Gasteiger partial charge in [-0.25, -0.2) is 0 Å². The second-order valence-electron chi connectivity index (χ2n) is 9.92. The molecule has 3 N–H and O–H groups in total. The Hall–Kier alpha value is -4.51. The van der Waals surface area contributed by atoms with Crippen LogP contribution in [0.4, 0.5) is 0 Å². The SMILES string of the molecule is Cc1cc(CNC(CO)C(=O)O)c(OCc2cccc(Cl)c2)cc1OCc1cccn(-c2ccc3c(c2)OCCO3)c1=O. The lowest BCUT2D eigenvalue weighted by Gasteiger charge is -2.19. The number of aliphatic hydroxyl groups is 1. The van der Waals surface area contributed by atoms with Crippen LogP contribution in [-0.4, -0.2) is 46.6 Å². The smallest absolute Gasteiger partial charge is 0.323 e. The zero-order chi connectivity index (χ0) is 30.3. The monoisotopic (exact) mass is 606 g/mol. The zero-order valence-electron chi connectivity index (χ0n) is 23.4. The summed E-state index contributed by atoms with van der Waals surface area (Å²) < 4.78 is 25.0. The summed E-state index contributed by atoms with van der Waals surface area (Å²) in [7, 11) is 0. The Morgan fingerprint density at radius 3 is 2.53 bits per heavy atom. The molecule has 0 spiro atoms. The Balaban J connectivity index is 1.37. The molecule has 1 aliphatic heterocycles. The van der Waals surface area contributed by atoms with E-state index in [1.807, 2.05) is 25.1 Å². The van der Waals surface area contributed by atoms with Gasteiger partial charge in [0.05, 0.1) is 17.9 Å². The molecule has 4 aromatic rings. The van der Waals surface area contributed by atoms with Crippen molar-refractivity contribution in [2.24, 2.45) is 0 Å². The highest BCUT2D eigenvalue weighted by Gasteiger charge is 2.18. The molecule has 0 radical (unpaired) electrons. The molecule has 0 saturated carbocycles. The number of halogens is 1. The minimum atomic E-state index is -1.16. The fourth-order valence-electron chi connectivity index (χ4n) is 4.60. The Morgan fingerprint density at radius 1 is 0.977 bits per heavy atom. The maximum Gasteiger partial charge on any atom is 0.323 e. The van der Waals surface area contributed by atoms with Crippen molar-refractivity contribution in [2.45, 2.75) is 32.7 Å². The number of aliphatic carboxylic acids is 1. The molecule has 3 aromatic carbocycles. The van der Waals surface area contributed by atoms with E-state index in [9.17, 15) is 19.8 Å². The fourth-order valence-corrected chi connectivity index (χ4v) is 4.81. The summed E-state index contributed by atoms with van der Waals surface area (Å²) in [6, 6.07) is 18.5. The van der Waals surface area contributed by atoms with Crippen molar-refractivity contribution in [1.29, 1.82) is 0 Å². The summed E-state index contributed by atoms with van der Waals surface area (Å²) in [5.74, 6) is 1.01. The Kier molecular flexibility index (Phi) is 9.51. The largest absolute Gasteiger partial charge is 0.488 e. The second kappa shape index (κ2) is 13.6. The number of aryl methyl sites for hydroxylation is 1. The van der Waals surface area contributed by atoms with Crippen LogP contribution in [0.1, 0.15) is 22.3 Å². The van der Waals surface area contributed by atoms with Gasteiger partial charge in [0, 0.05) is 35.5 Å². The summed E-state index contributed by atoms with van der Waals surface area (Å²) in [4.78, 5) is 24.8. The number of hydrogen-bond acceptors (Lipinski definition) is 8. The molecule has 10 nitrogen and oxygen atoms in total. The van der Waals surface area contributed by atoms with E-state index in [1.54, 1.807) is 54.7 Å². The lowest BCUT2D eigenvalue weighted by Crippen LogP contribution is -2.39. The van der Waals surface area contributed by atoms with E-state index in [4.69, 9.17) is 30.5 Å². The van der Waals surface area contributed by atoms with Gasteiger partial charge in [0.1, 0.15) is 44.0 Å². The molecule has 2 heterocycles. The van der Waals surface area contributed by atoms with Gasteiger partial charge in [-0.1, -0.05) is 23.7 Å². The molecule has 1 aliphatic rings. The maximum atomic E-state index is 13.4. The van der Waals surface area contributed by atoms with E-state index in [-0.39, 0.29) is 25.3 Å². The first-order valence-corrected chi connectivity index (χ1v) is 14.0. The van der Waals surface area contributed by atoms with Gasteiger partial charge in [0.25, 0.3) is 5.56 Å². The van der Waals surface area contributed by atoms with Crippen LogP contribution in [0.15, 0.2) is 77.7 Å². The van der Waals surface area contributed by atoms with E-state index in [2.05, 4.69) is 5.32 Å². The van der Waals surface area contributed by atoms with Crippen LogP contribution >= 0.6 is 11.6 Å². The normalized spacial score (nSPS) is 12.9. The number of carboxylic acid groups (broad SMARTS) is 1. The minimum Gasteiger partial charge on any atom is -0.488 e. The molecule has 0 fully saturated rings. The van der Waals surface area contributed by atoms with Gasteiger partial charge in [-0.05, 0) is 60.5 Å². The summed E-state index contributed by atoms with van der Waals surface area (Å²) in [6.07, 6.45) is 1.68. The molecular formula is C32H31ClN2O8. The Labute approximate surface area is 253 Å². The third kappa shape index (κ3) is 7.29. The van der Waals surface area contributed by atoms with Crippen molar-refractivity contribution in [2.75, 3.05) is 19.8 Å². The molecule has 1 unspecified atom stereocenters. The number of nitrogens with zero attached hydrogens (tertiary/aromatic N) is 1. The summed E-state index contributed by atoms with van der Waals surface area (Å²) in [5.41, 5.74) is 3.12. The topological polar surface area (TPSA) is 128 Å². The first-order valence-electron chi connectivity index (χ1n) is 13.6. The average molecular weight is 607 g/mol. The van der Waals surface area contributed by atoms with E-state index >= 15 is 0 Å². The summed E-state index contributed by atoms with van der Waals surface area (Å²) >= 11 is 6.12. The number of carbonyl (C=O) groups is 1. The Morgan fingerprint density at radius 2 is 1.77 bits per heavy atom. The molecule has 0 aliphatic carbocycles. The molecule has 0 amide bonds. The zero-order valence-corrected chi connectivity index (χ0v) is 24.2. The fraction of sp³-hybridized carbons (Fsp3) is 0.250. The number of fused-ring (bicyclic) bond motifs is 1. The summed E-state index contributed by atoms with van der Waals surface area (Å²) in [6.45, 7) is 2.55. The number of nitrogens with one attached hydrogen (secondary N) is 1. The minimum absolute atomic E-state index is 0.00198. The molecule has 0 bridgehead atoms. The van der Waals surface area contributed by atoms with Crippen LogP contribution in [-0.2, 0) is 24.6 Å². The van der Waals surface area contributed by atoms with Crippen molar-refractivity contribution in [3.05, 3.63) is 111 Å². The molecule has 43 heavy (non-hydrogen) atoms. The van der Waals surface area contributed by atoms with Gasteiger partial charge in [0.15, 0.2) is 11.5 Å². The highest BCUT2D eigenvalue weighted by molar-refractivity contribution is 6.30. The van der Waals surface area contributed by atoms with Gasteiger partial charge in [-0.3, -0.25) is 19.5 Å². The number of pyridine rings is 1. The van der Waals surface area contributed by atoms with Gasteiger partial charge < -0.3 is 29.2 Å². The highest BCUT2D eigenvalue weighted by Crippen LogP contribution is 2.32. The predicted molar refractivity (Wildman–Crippen MR) is 160 cm³/mol. The van der Waals surface area contributed by atoms with E-state index < -0.39 is 18.6 Å². The highest BCUT2D eigenvalue weighted by atomic mass is 35.5. The first kappa shape index (κ1) is 30.0. The molecule has 11 heteroatoms. The van der Waals surface area contributed by atoms with E-state index in [0.717, 1.165) is 11.1 Å². The summed E-state index contributed by atoms with van der Waals surface area (Å²) in [5, 5.41) is 22.1. The molecule has 1 aromatic heterocycles. The van der Waals surface area contributed by atoms with Crippen LogP contribution in [0.3, 0.4) is 0 Å². The van der Waals surface area contributed by atoms with Crippen LogP contribution < -0.4 is 29.8 Å². The van der Waals surface area contributed by atoms with Gasteiger partial charge in [0.2, 0.25) is 0 Å². The number of ether oxygens (including phenoxy) is 4. The van der Waals surface area contributed by atoms with Crippen molar-refractivity contribution in [1.82, 2.24) is 9.88 Å². The van der Waals surface area contributed by atoms with E-state index in [0.29, 0.717) is 58.0 Å². The second-order valence-corrected chi connectivity index (χ2v) is 10.4. The number of aliphatic hydroxyl groups excluding tert-OH is 1. The predicted octanol–water partition coefficient (Wildman–Crippen LogP) is 4.26. The molecule has 0 saturated heterocycles. The van der Waals surface area contributed by atoms with Crippen LogP contribution in [0.25, 0.3) is 5.69 Å². The average Bonchev–Trinajstić information content (AvgIpc) is 3.00. The van der Waals surface area contributed by atoms with Gasteiger partial charge in [-0.2, -0.15) is 0 Å². The van der Waals surface area contributed by atoms with Crippen molar-refractivity contribution in [3.63, 3.8) is 0 Å². The number of benzene rings is 3. The Bertz CT molecular complexity index is 1670. The van der Waals surface area contributed by atoms with Crippen LogP contribution in [0.5, 0.6) is 23.0 Å². The first-order chi connectivity index (χ1) is 20.8.